The second-order valence-electron chi connectivity index (χ2n) is 12.0. The molecule has 4 heterocycles. The molecule has 0 spiro atoms. The summed E-state index contributed by atoms with van der Waals surface area (Å²) in [6.07, 6.45) is 5.23. The van der Waals surface area contributed by atoms with Gasteiger partial charge in [-0.1, -0.05) is 20.8 Å². The molecule has 0 saturated heterocycles. The predicted molar refractivity (Wildman–Crippen MR) is 162 cm³/mol. The van der Waals surface area contributed by atoms with Crippen LogP contribution < -0.4 is 16.1 Å². The minimum Gasteiger partial charge on any atom is -0.395 e. The second kappa shape index (κ2) is 12.0. The average molecular weight is 593 g/mol. The molecule has 42 heavy (non-hydrogen) atoms. The van der Waals surface area contributed by atoms with E-state index in [1.807, 2.05) is 24.2 Å². The number of thiophene rings is 1. The lowest BCUT2D eigenvalue weighted by atomic mass is 9.81. The zero-order valence-corrected chi connectivity index (χ0v) is 25.4. The van der Waals surface area contributed by atoms with E-state index >= 15 is 0 Å². The van der Waals surface area contributed by atoms with Crippen LogP contribution >= 0.6 is 11.3 Å². The molecule has 0 fully saturated rings. The minimum atomic E-state index is -0.722. The van der Waals surface area contributed by atoms with Gasteiger partial charge in [0.05, 0.1) is 29.3 Å². The van der Waals surface area contributed by atoms with E-state index in [2.05, 4.69) is 42.5 Å². The van der Waals surface area contributed by atoms with Gasteiger partial charge in [0.1, 0.15) is 11.3 Å². The van der Waals surface area contributed by atoms with E-state index in [9.17, 15) is 15.0 Å². The van der Waals surface area contributed by atoms with Gasteiger partial charge in [-0.15, -0.1) is 11.3 Å². The molecule has 2 aliphatic rings. The molecule has 0 bridgehead atoms. The predicted octanol–water partition coefficient (Wildman–Crippen LogP) is 3.74. The molecule has 3 aromatic rings. The van der Waals surface area contributed by atoms with Crippen LogP contribution in [0.1, 0.15) is 83.4 Å². The summed E-state index contributed by atoms with van der Waals surface area (Å²) in [6, 6.07) is 7.47. The number of pyridine rings is 2. The molecule has 5 rings (SSSR count). The number of anilines is 2. The van der Waals surface area contributed by atoms with Gasteiger partial charge in [-0.05, 0) is 65.6 Å². The summed E-state index contributed by atoms with van der Waals surface area (Å²) in [4.78, 5) is 20.8. The van der Waals surface area contributed by atoms with Gasteiger partial charge in [-0.3, -0.25) is 10.2 Å². The summed E-state index contributed by atoms with van der Waals surface area (Å²) in [5.74, 6) is 0.108. The van der Waals surface area contributed by atoms with E-state index in [-0.39, 0.29) is 42.5 Å². The van der Waals surface area contributed by atoms with Gasteiger partial charge >= 0.3 is 0 Å². The van der Waals surface area contributed by atoms with Crippen molar-refractivity contribution in [2.45, 2.75) is 64.1 Å². The van der Waals surface area contributed by atoms with Crippen LogP contribution in [0.2, 0.25) is 0 Å². The van der Waals surface area contributed by atoms with E-state index in [0.29, 0.717) is 23.6 Å². The molecule has 2 unspecified atom stereocenters. The zero-order valence-electron chi connectivity index (χ0n) is 24.6. The second-order valence-corrected chi connectivity index (χ2v) is 13.1. The maximum Gasteiger partial charge on any atom is 0.252 e. The monoisotopic (exact) mass is 592 g/mol. The van der Waals surface area contributed by atoms with Gasteiger partial charge < -0.3 is 35.4 Å². The van der Waals surface area contributed by atoms with Gasteiger partial charge in [-0.25, -0.2) is 4.98 Å². The first kappa shape index (κ1) is 30.0. The highest BCUT2D eigenvalue weighted by Crippen LogP contribution is 2.47. The number of aromatic nitrogens is 2. The van der Waals surface area contributed by atoms with Gasteiger partial charge in [0, 0.05) is 49.0 Å². The first-order chi connectivity index (χ1) is 20.0. The third-order valence-electron chi connectivity index (χ3n) is 8.02. The van der Waals surface area contributed by atoms with Crippen molar-refractivity contribution >= 4 is 28.7 Å². The van der Waals surface area contributed by atoms with Crippen molar-refractivity contribution in [1.82, 2.24) is 19.8 Å². The van der Waals surface area contributed by atoms with Crippen LogP contribution in [0.3, 0.4) is 0 Å². The highest BCUT2D eigenvalue weighted by Gasteiger charge is 2.37. The maximum absolute atomic E-state index is 12.1. The van der Waals surface area contributed by atoms with Crippen LogP contribution in [0.4, 0.5) is 11.5 Å². The first-order valence-corrected chi connectivity index (χ1v) is 15.1. The first-order valence-electron chi connectivity index (χ1n) is 14.3. The Hall–Kier alpha value is -3.51. The van der Waals surface area contributed by atoms with Gasteiger partial charge in [0.15, 0.2) is 6.23 Å². The Bertz CT molecular complexity index is 1550. The van der Waals surface area contributed by atoms with Crippen molar-refractivity contribution in [2.24, 2.45) is 7.05 Å². The molecule has 6 N–H and O–H groups in total. The standard InChI is InChI=1S/C31H40N6O4S/c1-31(2,3)25-13-20-16-37(30(41)27(20)42-25)24-7-5-6-21(22(24)17-39)19-12-23(28(32)36(4)15-19)35-26-9-8-18(14-34-26)29(40)33-10-11-38/h8-9,12-15,21,30,32,38-39,41H,5-7,10-11,16-17H2,1-4H3,(H,33,40)(H,34,35). The SMILES string of the molecule is Cn1cc(C2CCCC(N3Cc4cc(C(C)(C)C)sc4C3O)=C2CO)cc(Nc2ccc(C(=O)NCCO)cn2)c1=N. The summed E-state index contributed by atoms with van der Waals surface area (Å²) in [5, 5.41) is 45.4. The summed E-state index contributed by atoms with van der Waals surface area (Å²) < 4.78 is 1.74. The number of carbonyl (C=O) groups is 1. The van der Waals surface area contributed by atoms with Gasteiger partial charge in [0.25, 0.3) is 5.91 Å². The number of rotatable bonds is 8. The number of nitrogens with zero attached hydrogens (tertiary/aromatic N) is 3. The Morgan fingerprint density at radius 2 is 2.02 bits per heavy atom. The molecule has 11 heteroatoms. The molecule has 0 radical (unpaired) electrons. The Labute approximate surface area is 249 Å². The van der Waals surface area contributed by atoms with Gasteiger partial charge in [-0.2, -0.15) is 0 Å². The molecule has 224 valence electrons. The molecule has 0 saturated carbocycles. The fourth-order valence-corrected chi connectivity index (χ4v) is 7.00. The number of aryl methyl sites for hydroxylation is 1. The number of hydrogen-bond acceptors (Lipinski definition) is 9. The number of hydrogen-bond donors (Lipinski definition) is 6. The number of aliphatic hydroxyl groups excluding tert-OH is 3. The lowest BCUT2D eigenvalue weighted by Gasteiger charge is -2.35. The number of amides is 1. The lowest BCUT2D eigenvalue weighted by Crippen LogP contribution is -2.28. The highest BCUT2D eigenvalue weighted by atomic mass is 32.1. The number of aliphatic hydroxyl groups is 3. The Morgan fingerprint density at radius 3 is 2.67 bits per heavy atom. The van der Waals surface area contributed by atoms with Crippen molar-refractivity contribution in [3.05, 3.63) is 79.9 Å². The number of fused-ring (bicyclic) bond motifs is 1. The third kappa shape index (κ3) is 5.87. The molecule has 1 aliphatic carbocycles. The molecule has 10 nitrogen and oxygen atoms in total. The molecule has 3 aromatic heterocycles. The quantitative estimate of drug-likeness (QED) is 0.234. The molecule has 1 aliphatic heterocycles. The van der Waals surface area contributed by atoms with Crippen molar-refractivity contribution in [1.29, 1.82) is 5.41 Å². The Balaban J connectivity index is 1.41. The maximum atomic E-state index is 12.1. The van der Waals surface area contributed by atoms with Crippen molar-refractivity contribution in [3.63, 3.8) is 0 Å². The van der Waals surface area contributed by atoms with Crippen molar-refractivity contribution < 1.29 is 20.1 Å². The van der Waals surface area contributed by atoms with Crippen LogP contribution in [-0.2, 0) is 19.0 Å². The summed E-state index contributed by atoms with van der Waals surface area (Å²) in [5.41, 5.74) is 5.27. The number of allylic oxidation sites excluding steroid dienone is 1. The van der Waals surface area contributed by atoms with E-state index < -0.39 is 6.23 Å². The van der Waals surface area contributed by atoms with Gasteiger partial charge in [0.2, 0.25) is 0 Å². The van der Waals surface area contributed by atoms with E-state index in [1.54, 1.807) is 28.0 Å². The topological polar surface area (TPSA) is 147 Å². The summed E-state index contributed by atoms with van der Waals surface area (Å²) in [6.45, 7) is 7.10. The summed E-state index contributed by atoms with van der Waals surface area (Å²) >= 11 is 1.68. The highest BCUT2D eigenvalue weighted by molar-refractivity contribution is 7.12. The minimum absolute atomic E-state index is 0.0306. The zero-order chi connectivity index (χ0) is 30.2. The van der Waals surface area contributed by atoms with Crippen LogP contribution in [-0.4, -0.2) is 55.4 Å². The van der Waals surface area contributed by atoms with E-state index in [4.69, 9.17) is 10.5 Å². The van der Waals surface area contributed by atoms with E-state index in [1.165, 1.54) is 11.1 Å². The van der Waals surface area contributed by atoms with Crippen molar-refractivity contribution in [3.8, 4) is 0 Å². The normalized spacial score (nSPS) is 18.8. The van der Waals surface area contributed by atoms with Crippen LogP contribution in [0.5, 0.6) is 0 Å². The number of carbonyl (C=O) groups excluding carboxylic acids is 1. The Kier molecular flexibility index (Phi) is 8.56. The number of nitrogens with one attached hydrogen (secondary N) is 3. The molecular formula is C31H40N6O4S. The van der Waals surface area contributed by atoms with E-state index in [0.717, 1.165) is 46.5 Å². The average Bonchev–Trinajstić information content (AvgIpc) is 3.53. The van der Waals surface area contributed by atoms with Crippen LogP contribution in [0.25, 0.3) is 0 Å². The third-order valence-corrected chi connectivity index (χ3v) is 9.66. The van der Waals surface area contributed by atoms with Crippen molar-refractivity contribution in [2.75, 3.05) is 25.1 Å². The largest absolute Gasteiger partial charge is 0.395 e. The lowest BCUT2D eigenvalue weighted by molar-refractivity contribution is 0.0355. The fourth-order valence-electron chi connectivity index (χ4n) is 5.76. The molecule has 0 aromatic carbocycles. The fraction of sp³-hybridized carbons (Fsp3) is 0.452. The Morgan fingerprint density at radius 1 is 1.24 bits per heavy atom. The smallest absolute Gasteiger partial charge is 0.252 e. The summed E-state index contributed by atoms with van der Waals surface area (Å²) in [7, 11) is 1.82. The molecule has 1 amide bonds. The molecular weight excluding hydrogens is 552 g/mol. The van der Waals surface area contributed by atoms with Crippen LogP contribution in [0, 0.1) is 5.41 Å². The molecule has 2 atom stereocenters. The van der Waals surface area contributed by atoms with Crippen LogP contribution in [0.15, 0.2) is 47.9 Å².